The predicted octanol–water partition coefficient (Wildman–Crippen LogP) is 4.51. The number of rotatable bonds is 4. The van der Waals surface area contributed by atoms with E-state index in [0.29, 0.717) is 29.5 Å². The lowest BCUT2D eigenvalue weighted by Crippen LogP contribution is -2.35. The molecule has 2 aromatic carbocycles. The summed E-state index contributed by atoms with van der Waals surface area (Å²) >= 11 is 11.7. The zero-order valence-electron chi connectivity index (χ0n) is 16.3. The average molecular weight is 481 g/mol. The Balaban J connectivity index is 1.53. The number of amidine groups is 1. The molecule has 162 valence electrons. The Labute approximate surface area is 189 Å². The van der Waals surface area contributed by atoms with Crippen molar-refractivity contribution in [1.29, 1.82) is 0 Å². The first-order valence-electron chi connectivity index (χ1n) is 9.67. The minimum absolute atomic E-state index is 0.0257. The molecule has 31 heavy (non-hydrogen) atoms. The molecule has 0 radical (unpaired) electrons. The minimum atomic E-state index is -3.92. The van der Waals surface area contributed by atoms with Gasteiger partial charge in [0.25, 0.3) is 10.0 Å². The number of ketones is 1. The van der Waals surface area contributed by atoms with Crippen LogP contribution in [-0.2, 0) is 14.8 Å². The minimum Gasteiger partial charge on any atom is -0.454 e. The summed E-state index contributed by atoms with van der Waals surface area (Å²) < 4.78 is 34.4. The molecule has 0 bridgehead atoms. The average Bonchev–Trinajstić information content (AvgIpc) is 2.98. The largest absolute Gasteiger partial charge is 0.454 e. The topological polar surface area (TPSA) is 93.1 Å². The summed E-state index contributed by atoms with van der Waals surface area (Å²) in [5.74, 6) is -0.735. The van der Waals surface area contributed by atoms with E-state index in [4.69, 9.17) is 27.9 Å². The third-order valence-electron chi connectivity index (χ3n) is 5.16. The van der Waals surface area contributed by atoms with E-state index in [1.807, 2.05) is 4.90 Å². The van der Waals surface area contributed by atoms with E-state index in [0.717, 1.165) is 19.3 Å². The smallest absolute Gasteiger partial charge is 0.338 e. The van der Waals surface area contributed by atoms with Gasteiger partial charge in [-0.25, -0.2) is 4.79 Å². The molecule has 0 aromatic heterocycles. The predicted molar refractivity (Wildman–Crippen MR) is 118 cm³/mol. The van der Waals surface area contributed by atoms with Gasteiger partial charge in [-0.2, -0.15) is 8.42 Å². The van der Waals surface area contributed by atoms with Gasteiger partial charge in [0, 0.05) is 18.5 Å². The molecule has 2 aliphatic rings. The van der Waals surface area contributed by atoms with Crippen molar-refractivity contribution in [2.75, 3.05) is 18.1 Å². The summed E-state index contributed by atoms with van der Waals surface area (Å²) in [6.45, 7) is 0.151. The van der Waals surface area contributed by atoms with Crippen molar-refractivity contribution in [2.24, 2.45) is 4.40 Å². The zero-order valence-corrected chi connectivity index (χ0v) is 18.6. The summed E-state index contributed by atoms with van der Waals surface area (Å²) in [6.07, 6.45) is 3.41. The van der Waals surface area contributed by atoms with E-state index >= 15 is 0 Å². The first kappa shape index (κ1) is 21.8. The molecule has 0 aliphatic carbocycles. The van der Waals surface area contributed by atoms with Crippen molar-refractivity contribution in [3.8, 4) is 0 Å². The van der Waals surface area contributed by atoms with Crippen LogP contribution >= 0.6 is 23.2 Å². The van der Waals surface area contributed by atoms with Crippen molar-refractivity contribution >= 4 is 56.5 Å². The number of ether oxygens (including phenoxy) is 1. The molecule has 2 aromatic rings. The Morgan fingerprint density at radius 1 is 1.00 bits per heavy atom. The zero-order chi connectivity index (χ0) is 22.2. The van der Waals surface area contributed by atoms with E-state index in [1.54, 1.807) is 6.07 Å². The number of hydrogen-bond donors (Lipinski definition) is 0. The maximum Gasteiger partial charge on any atom is 0.338 e. The first-order chi connectivity index (χ1) is 14.8. The van der Waals surface area contributed by atoms with E-state index in [-0.39, 0.29) is 21.0 Å². The van der Waals surface area contributed by atoms with Crippen molar-refractivity contribution in [2.45, 2.75) is 30.6 Å². The second kappa shape index (κ2) is 8.61. The summed E-state index contributed by atoms with van der Waals surface area (Å²) in [5.41, 5.74) is 0.784. The molecule has 2 aliphatic heterocycles. The number of halogens is 2. The summed E-state index contributed by atoms with van der Waals surface area (Å²) in [7, 11) is -3.92. The number of carbonyl (C=O) groups is 2. The third-order valence-corrected chi connectivity index (χ3v) is 7.23. The fraction of sp³-hybridized carbons (Fsp3) is 0.286. The standard InChI is InChI=1S/C21H18Cl2N2O5S/c22-15-7-5-13(10-16(15)23)18(26)12-30-21(27)14-6-8-17-19(11-14)31(28,29)24-20-4-2-1-3-9-25(17)20/h5-8,10-11H,1-4,9,12H2. The van der Waals surface area contributed by atoms with Gasteiger partial charge < -0.3 is 9.64 Å². The van der Waals surface area contributed by atoms with Gasteiger partial charge in [0.1, 0.15) is 10.7 Å². The quantitative estimate of drug-likeness (QED) is 0.471. The second-order valence-electron chi connectivity index (χ2n) is 7.26. The van der Waals surface area contributed by atoms with Crippen LogP contribution in [0, 0.1) is 0 Å². The number of hydrogen-bond acceptors (Lipinski definition) is 6. The van der Waals surface area contributed by atoms with Gasteiger partial charge in [0.15, 0.2) is 12.4 Å². The monoisotopic (exact) mass is 480 g/mol. The second-order valence-corrected chi connectivity index (χ2v) is 9.64. The normalized spacial score (nSPS) is 17.1. The Bertz CT molecular complexity index is 1210. The molecule has 4 rings (SSSR count). The molecule has 0 spiro atoms. The van der Waals surface area contributed by atoms with Crippen LogP contribution in [0.2, 0.25) is 10.0 Å². The summed E-state index contributed by atoms with van der Waals surface area (Å²) in [6, 6.07) is 8.68. The fourth-order valence-corrected chi connectivity index (χ4v) is 5.16. The Hall–Kier alpha value is -2.42. The summed E-state index contributed by atoms with van der Waals surface area (Å²) in [4.78, 5) is 26.6. The lowest BCUT2D eigenvalue weighted by atomic mass is 10.1. The molecule has 0 unspecified atom stereocenters. The van der Waals surface area contributed by atoms with Gasteiger partial charge in [-0.3, -0.25) is 4.79 Å². The SMILES string of the molecule is O=C(COC(=O)c1ccc2c(c1)S(=O)(=O)N=C1CCCCCN12)c1ccc(Cl)c(Cl)c1. The molecule has 2 heterocycles. The number of esters is 1. The highest BCUT2D eigenvalue weighted by atomic mass is 35.5. The number of anilines is 1. The van der Waals surface area contributed by atoms with Gasteiger partial charge in [0.2, 0.25) is 0 Å². The molecule has 7 nitrogen and oxygen atoms in total. The fourth-order valence-electron chi connectivity index (χ4n) is 3.57. The van der Waals surface area contributed by atoms with Crippen LogP contribution in [0.3, 0.4) is 0 Å². The van der Waals surface area contributed by atoms with E-state index in [1.165, 1.54) is 30.3 Å². The highest BCUT2D eigenvalue weighted by Crippen LogP contribution is 2.35. The number of benzene rings is 2. The van der Waals surface area contributed by atoms with Crippen LogP contribution in [0.1, 0.15) is 46.4 Å². The van der Waals surface area contributed by atoms with Crippen LogP contribution in [-0.4, -0.2) is 39.2 Å². The number of nitrogens with zero attached hydrogens (tertiary/aromatic N) is 2. The lowest BCUT2D eigenvalue weighted by Gasteiger charge is -2.29. The summed E-state index contributed by atoms with van der Waals surface area (Å²) in [5, 5.41) is 0.521. The van der Waals surface area contributed by atoms with Crippen molar-refractivity contribution in [3.05, 3.63) is 57.6 Å². The van der Waals surface area contributed by atoms with Crippen LogP contribution in [0.4, 0.5) is 5.69 Å². The number of fused-ring (bicyclic) bond motifs is 3. The van der Waals surface area contributed by atoms with Gasteiger partial charge in [-0.15, -0.1) is 4.40 Å². The third kappa shape index (κ3) is 4.46. The van der Waals surface area contributed by atoms with Crippen LogP contribution in [0.15, 0.2) is 45.7 Å². The van der Waals surface area contributed by atoms with Crippen LogP contribution in [0.5, 0.6) is 0 Å². The van der Waals surface area contributed by atoms with Crippen molar-refractivity contribution < 1.29 is 22.7 Å². The Kier molecular flexibility index (Phi) is 6.05. The van der Waals surface area contributed by atoms with E-state index in [2.05, 4.69) is 4.40 Å². The van der Waals surface area contributed by atoms with E-state index in [9.17, 15) is 18.0 Å². The van der Waals surface area contributed by atoms with E-state index < -0.39 is 28.4 Å². The molecular formula is C21H18Cl2N2O5S. The number of Topliss-reactive ketones (excluding diaryl/α,β-unsaturated/α-hetero) is 1. The highest BCUT2D eigenvalue weighted by Gasteiger charge is 2.32. The molecule has 0 amide bonds. The molecule has 0 N–H and O–H groups in total. The van der Waals surface area contributed by atoms with Crippen molar-refractivity contribution in [3.63, 3.8) is 0 Å². The number of sulfonamides is 1. The molecule has 1 fully saturated rings. The molecule has 0 saturated carbocycles. The van der Waals surface area contributed by atoms with Gasteiger partial charge in [-0.1, -0.05) is 29.6 Å². The van der Waals surface area contributed by atoms with Gasteiger partial charge >= 0.3 is 5.97 Å². The lowest BCUT2D eigenvalue weighted by molar-refractivity contribution is 0.0474. The Morgan fingerprint density at radius 2 is 1.77 bits per heavy atom. The van der Waals surface area contributed by atoms with Crippen LogP contribution in [0.25, 0.3) is 0 Å². The molecule has 10 heteroatoms. The molecular weight excluding hydrogens is 463 g/mol. The Morgan fingerprint density at radius 3 is 2.55 bits per heavy atom. The highest BCUT2D eigenvalue weighted by molar-refractivity contribution is 7.90. The van der Waals surface area contributed by atoms with Crippen LogP contribution < -0.4 is 4.90 Å². The van der Waals surface area contributed by atoms with Gasteiger partial charge in [0.05, 0.1) is 21.3 Å². The van der Waals surface area contributed by atoms with Gasteiger partial charge in [-0.05, 0) is 49.2 Å². The van der Waals surface area contributed by atoms with Crippen molar-refractivity contribution in [1.82, 2.24) is 0 Å². The number of carbonyl (C=O) groups excluding carboxylic acids is 2. The molecule has 0 atom stereocenters. The first-order valence-corrected chi connectivity index (χ1v) is 11.9. The molecule has 1 saturated heterocycles. The maximum absolute atomic E-state index is 12.7. The maximum atomic E-state index is 12.7.